The molecule has 3 rings (SSSR count). The molecule has 1 aliphatic rings. The first-order chi connectivity index (χ1) is 14.9. The number of amides is 1. The molecule has 0 atom stereocenters. The van der Waals surface area contributed by atoms with Crippen LogP contribution in [0.1, 0.15) is 22.3 Å². The van der Waals surface area contributed by atoms with Gasteiger partial charge in [-0.3, -0.25) is 14.6 Å². The number of benzene rings is 2. The van der Waals surface area contributed by atoms with E-state index in [-0.39, 0.29) is 5.91 Å². The first kappa shape index (κ1) is 23.1. The lowest BCUT2D eigenvalue weighted by Crippen LogP contribution is -2.50. The van der Waals surface area contributed by atoms with Gasteiger partial charge in [0.1, 0.15) is 0 Å². The fourth-order valence-electron chi connectivity index (χ4n) is 4.05. The number of aryl methyl sites for hydroxylation is 2. The molecular weight excluding hydrogens is 390 g/mol. The van der Waals surface area contributed by atoms with Gasteiger partial charge < -0.3 is 14.4 Å². The van der Waals surface area contributed by atoms with E-state index in [2.05, 4.69) is 47.9 Å². The molecule has 0 aliphatic carbocycles. The summed E-state index contributed by atoms with van der Waals surface area (Å²) in [6.07, 6.45) is 0. The highest BCUT2D eigenvalue weighted by Crippen LogP contribution is 2.31. The van der Waals surface area contributed by atoms with Crippen molar-refractivity contribution in [2.75, 3.05) is 54.0 Å². The Kier molecular flexibility index (Phi) is 7.93. The predicted molar refractivity (Wildman–Crippen MR) is 124 cm³/mol. The zero-order valence-electron chi connectivity index (χ0n) is 19.5. The second-order valence-electron chi connectivity index (χ2n) is 8.39. The van der Waals surface area contributed by atoms with E-state index in [1.54, 1.807) is 14.2 Å². The maximum absolute atomic E-state index is 12.8. The van der Waals surface area contributed by atoms with Gasteiger partial charge in [-0.1, -0.05) is 24.3 Å². The highest BCUT2D eigenvalue weighted by atomic mass is 16.5. The van der Waals surface area contributed by atoms with Crippen LogP contribution in [0, 0.1) is 13.8 Å². The standard InChI is InChI=1S/C25H35N3O3/c1-19-8-6-7-9-21(19)16-26(3)18-25(29)28-12-10-27(11-13-28)17-22-15-24(31-5)23(30-4)14-20(22)2/h6-9,14-15H,10-13,16-18H2,1-5H3. The molecule has 168 valence electrons. The van der Waals surface area contributed by atoms with E-state index in [9.17, 15) is 4.79 Å². The van der Waals surface area contributed by atoms with Gasteiger partial charge in [-0.25, -0.2) is 0 Å². The molecule has 0 spiro atoms. The van der Waals surface area contributed by atoms with Gasteiger partial charge in [0, 0.05) is 39.3 Å². The molecule has 2 aromatic carbocycles. The number of rotatable bonds is 8. The molecule has 0 unspecified atom stereocenters. The maximum atomic E-state index is 12.8. The number of methoxy groups -OCH3 is 2. The fourth-order valence-corrected chi connectivity index (χ4v) is 4.05. The van der Waals surface area contributed by atoms with Crippen LogP contribution in [0.2, 0.25) is 0 Å². The number of carbonyl (C=O) groups excluding carboxylic acids is 1. The minimum Gasteiger partial charge on any atom is -0.493 e. The van der Waals surface area contributed by atoms with Gasteiger partial charge in [-0.15, -0.1) is 0 Å². The lowest BCUT2D eigenvalue weighted by atomic mass is 10.1. The number of piperazine rings is 1. The molecule has 31 heavy (non-hydrogen) atoms. The predicted octanol–water partition coefficient (Wildman–Crippen LogP) is 3.10. The molecule has 6 heteroatoms. The van der Waals surface area contributed by atoms with E-state index in [1.807, 2.05) is 24.1 Å². The van der Waals surface area contributed by atoms with Gasteiger partial charge in [0.15, 0.2) is 11.5 Å². The average molecular weight is 426 g/mol. The molecule has 0 aromatic heterocycles. The molecule has 0 bridgehead atoms. The average Bonchev–Trinajstić information content (AvgIpc) is 2.76. The molecule has 1 saturated heterocycles. The van der Waals surface area contributed by atoms with Crippen LogP contribution in [0.15, 0.2) is 36.4 Å². The molecule has 6 nitrogen and oxygen atoms in total. The molecule has 0 N–H and O–H groups in total. The van der Waals surface area contributed by atoms with Crippen molar-refractivity contribution in [1.29, 1.82) is 0 Å². The van der Waals surface area contributed by atoms with Gasteiger partial charge in [-0.05, 0) is 55.3 Å². The van der Waals surface area contributed by atoms with Crippen molar-refractivity contribution in [1.82, 2.24) is 14.7 Å². The third-order valence-corrected chi connectivity index (χ3v) is 6.07. The molecule has 1 heterocycles. The van der Waals surface area contributed by atoms with Gasteiger partial charge in [-0.2, -0.15) is 0 Å². The van der Waals surface area contributed by atoms with Crippen molar-refractivity contribution in [2.45, 2.75) is 26.9 Å². The second kappa shape index (κ2) is 10.6. The number of carbonyl (C=O) groups is 1. The van der Waals surface area contributed by atoms with E-state index in [0.717, 1.165) is 50.8 Å². The highest BCUT2D eigenvalue weighted by molar-refractivity contribution is 5.78. The summed E-state index contributed by atoms with van der Waals surface area (Å²) in [5.41, 5.74) is 4.96. The number of hydrogen-bond acceptors (Lipinski definition) is 5. The van der Waals surface area contributed by atoms with Crippen molar-refractivity contribution >= 4 is 5.91 Å². The molecule has 0 radical (unpaired) electrons. The summed E-state index contributed by atoms with van der Waals surface area (Å²) >= 11 is 0. The van der Waals surface area contributed by atoms with Crippen LogP contribution in [0.5, 0.6) is 11.5 Å². The lowest BCUT2D eigenvalue weighted by Gasteiger charge is -2.35. The monoisotopic (exact) mass is 425 g/mol. The van der Waals surface area contributed by atoms with Crippen LogP contribution in [0.4, 0.5) is 0 Å². The first-order valence-corrected chi connectivity index (χ1v) is 10.9. The molecule has 1 amide bonds. The van der Waals surface area contributed by atoms with Crippen molar-refractivity contribution in [3.05, 3.63) is 58.7 Å². The quantitative estimate of drug-likeness (QED) is 0.650. The second-order valence-corrected chi connectivity index (χ2v) is 8.39. The van der Waals surface area contributed by atoms with E-state index in [0.29, 0.717) is 6.54 Å². The fraction of sp³-hybridized carbons (Fsp3) is 0.480. The van der Waals surface area contributed by atoms with Crippen LogP contribution in [0.25, 0.3) is 0 Å². The highest BCUT2D eigenvalue weighted by Gasteiger charge is 2.23. The van der Waals surface area contributed by atoms with Crippen molar-refractivity contribution in [3.8, 4) is 11.5 Å². The summed E-state index contributed by atoms with van der Waals surface area (Å²) in [4.78, 5) is 19.3. The minimum atomic E-state index is 0.207. The van der Waals surface area contributed by atoms with Crippen molar-refractivity contribution < 1.29 is 14.3 Å². The summed E-state index contributed by atoms with van der Waals surface area (Å²) in [7, 11) is 5.34. The summed E-state index contributed by atoms with van der Waals surface area (Å²) in [5, 5.41) is 0. The molecule has 0 saturated carbocycles. The van der Waals surface area contributed by atoms with Crippen LogP contribution in [-0.2, 0) is 17.9 Å². The van der Waals surface area contributed by atoms with E-state index in [1.165, 1.54) is 22.3 Å². The smallest absolute Gasteiger partial charge is 0.236 e. The molecule has 1 fully saturated rings. The Balaban J connectivity index is 1.50. The summed E-state index contributed by atoms with van der Waals surface area (Å²) in [5.74, 6) is 1.72. The number of nitrogens with zero attached hydrogens (tertiary/aromatic N) is 3. The molecular formula is C25H35N3O3. The number of ether oxygens (including phenoxy) is 2. The largest absolute Gasteiger partial charge is 0.493 e. The SMILES string of the molecule is COc1cc(C)c(CN2CCN(C(=O)CN(C)Cc3ccccc3C)CC2)cc1OC. The maximum Gasteiger partial charge on any atom is 0.236 e. The van der Waals surface area contributed by atoms with Crippen LogP contribution in [-0.4, -0.2) is 74.6 Å². The summed E-state index contributed by atoms with van der Waals surface area (Å²) < 4.78 is 10.8. The molecule has 2 aromatic rings. The van der Waals surface area contributed by atoms with Crippen LogP contribution >= 0.6 is 0 Å². The Bertz CT molecular complexity index is 892. The van der Waals surface area contributed by atoms with Gasteiger partial charge in [0.25, 0.3) is 0 Å². The summed E-state index contributed by atoms with van der Waals surface area (Å²) in [6.45, 7) is 9.59. The number of hydrogen-bond donors (Lipinski definition) is 0. The van der Waals surface area contributed by atoms with E-state index in [4.69, 9.17) is 9.47 Å². The lowest BCUT2D eigenvalue weighted by molar-refractivity contribution is -0.134. The van der Waals surface area contributed by atoms with Crippen molar-refractivity contribution in [3.63, 3.8) is 0 Å². The third kappa shape index (κ3) is 5.99. The third-order valence-electron chi connectivity index (χ3n) is 6.07. The van der Waals surface area contributed by atoms with Gasteiger partial charge in [0.2, 0.25) is 5.91 Å². The molecule has 1 aliphatic heterocycles. The first-order valence-electron chi connectivity index (χ1n) is 10.9. The Morgan fingerprint density at radius 3 is 2.23 bits per heavy atom. The Morgan fingerprint density at radius 2 is 1.58 bits per heavy atom. The van der Waals surface area contributed by atoms with Crippen LogP contribution in [0.3, 0.4) is 0 Å². The normalized spacial score (nSPS) is 14.7. The zero-order valence-corrected chi connectivity index (χ0v) is 19.5. The Labute approximate surface area is 186 Å². The van der Waals surface area contributed by atoms with E-state index >= 15 is 0 Å². The van der Waals surface area contributed by atoms with Crippen molar-refractivity contribution in [2.24, 2.45) is 0 Å². The van der Waals surface area contributed by atoms with Gasteiger partial charge >= 0.3 is 0 Å². The minimum absolute atomic E-state index is 0.207. The number of likely N-dealkylation sites (N-methyl/N-ethyl adjacent to an activating group) is 1. The summed E-state index contributed by atoms with van der Waals surface area (Å²) in [6, 6.07) is 12.4. The Morgan fingerprint density at radius 1 is 0.935 bits per heavy atom. The zero-order chi connectivity index (χ0) is 22.4. The van der Waals surface area contributed by atoms with Crippen LogP contribution < -0.4 is 9.47 Å². The Hall–Kier alpha value is -2.57. The van der Waals surface area contributed by atoms with Gasteiger partial charge in [0.05, 0.1) is 20.8 Å². The van der Waals surface area contributed by atoms with E-state index < -0.39 is 0 Å². The topological polar surface area (TPSA) is 45.2 Å².